The molecule has 1 aliphatic heterocycles. The quantitative estimate of drug-likeness (QED) is 0.844. The van der Waals surface area contributed by atoms with Crippen molar-refractivity contribution >= 4 is 18.5 Å². The van der Waals surface area contributed by atoms with Crippen molar-refractivity contribution in [3.63, 3.8) is 0 Å². The first-order chi connectivity index (χ1) is 9.59. The van der Waals surface area contributed by atoms with Crippen molar-refractivity contribution in [2.45, 2.75) is 38.9 Å². The van der Waals surface area contributed by atoms with Gasteiger partial charge in [-0.2, -0.15) is 0 Å². The number of carbonyl (C=O) groups excluding carboxylic acids is 1. The molecule has 114 valence electrons. The van der Waals surface area contributed by atoms with E-state index in [9.17, 15) is 13.6 Å². The molecule has 21 heavy (non-hydrogen) atoms. The molecular weight excluding hydrogens is 279 g/mol. The number of hydrogen-bond acceptors (Lipinski definition) is 3. The van der Waals surface area contributed by atoms with Crippen molar-refractivity contribution in [3.05, 3.63) is 29.3 Å². The molecule has 0 radical (unpaired) electrons. The maximum atomic E-state index is 14.2. The molecular formula is C14H18BF2NO3. The van der Waals surface area contributed by atoms with E-state index in [0.717, 1.165) is 12.1 Å². The highest BCUT2D eigenvalue weighted by Crippen LogP contribution is 2.36. The molecule has 7 heteroatoms. The van der Waals surface area contributed by atoms with Gasteiger partial charge in [-0.1, -0.05) is 0 Å². The summed E-state index contributed by atoms with van der Waals surface area (Å²) < 4.78 is 39.6. The van der Waals surface area contributed by atoms with Gasteiger partial charge in [-0.3, -0.25) is 4.79 Å². The Kier molecular flexibility index (Phi) is 3.84. The van der Waals surface area contributed by atoms with E-state index >= 15 is 0 Å². The van der Waals surface area contributed by atoms with Gasteiger partial charge in [0.25, 0.3) is 5.91 Å². The molecule has 4 nitrogen and oxygen atoms in total. The third-order valence-electron chi connectivity index (χ3n) is 4.06. The number of amides is 1. The Morgan fingerprint density at radius 3 is 1.90 bits per heavy atom. The standard InChI is InChI=1S/C14H18BF2NO3/c1-13(2)14(3,4)21-15(20-13)11-9(16)6-8(7-10(11)17)12(19)18-5/h6-7H,1-5H3,(H,18,19). The predicted molar refractivity (Wildman–Crippen MR) is 75.5 cm³/mol. The largest absolute Gasteiger partial charge is 0.500 e. The molecule has 0 aliphatic carbocycles. The number of halogens is 2. The van der Waals surface area contributed by atoms with Crippen LogP contribution in [0.15, 0.2) is 12.1 Å². The van der Waals surface area contributed by atoms with E-state index in [1.165, 1.54) is 7.05 Å². The lowest BCUT2D eigenvalue weighted by Crippen LogP contribution is -2.41. The molecule has 2 rings (SSSR count). The van der Waals surface area contributed by atoms with Crippen LogP contribution >= 0.6 is 0 Å². The van der Waals surface area contributed by atoms with Crippen LogP contribution in [0, 0.1) is 11.6 Å². The fourth-order valence-electron chi connectivity index (χ4n) is 2.05. The van der Waals surface area contributed by atoms with Crippen LogP contribution in [0.2, 0.25) is 0 Å². The Hall–Kier alpha value is -1.47. The van der Waals surface area contributed by atoms with Gasteiger partial charge in [0.2, 0.25) is 0 Å². The Morgan fingerprint density at radius 1 is 1.10 bits per heavy atom. The summed E-state index contributed by atoms with van der Waals surface area (Å²) in [5.74, 6) is -2.30. The Balaban J connectivity index is 2.41. The fourth-order valence-corrected chi connectivity index (χ4v) is 2.05. The van der Waals surface area contributed by atoms with Gasteiger partial charge in [0.15, 0.2) is 0 Å². The fraction of sp³-hybridized carbons (Fsp3) is 0.500. The van der Waals surface area contributed by atoms with Crippen molar-refractivity contribution in [3.8, 4) is 0 Å². The molecule has 1 aromatic carbocycles. The van der Waals surface area contributed by atoms with Crippen LogP contribution in [0.1, 0.15) is 38.1 Å². The highest BCUT2D eigenvalue weighted by Gasteiger charge is 2.53. The molecule has 1 aliphatic rings. The van der Waals surface area contributed by atoms with Gasteiger partial charge in [0.05, 0.1) is 16.7 Å². The molecule has 0 saturated carbocycles. The predicted octanol–water partition coefficient (Wildman–Crippen LogP) is 1.62. The number of nitrogens with one attached hydrogen (secondary N) is 1. The Labute approximate surface area is 123 Å². The third kappa shape index (κ3) is 2.67. The Morgan fingerprint density at radius 2 is 1.52 bits per heavy atom. The second-order valence-corrected chi connectivity index (χ2v) is 6.02. The van der Waals surface area contributed by atoms with Gasteiger partial charge in [0.1, 0.15) is 11.6 Å². The second-order valence-electron chi connectivity index (χ2n) is 6.02. The first kappa shape index (κ1) is 15.9. The minimum atomic E-state index is -1.14. The number of rotatable bonds is 2. The molecule has 1 fully saturated rings. The van der Waals surface area contributed by atoms with E-state index in [-0.39, 0.29) is 11.0 Å². The summed E-state index contributed by atoms with van der Waals surface area (Å²) in [6, 6.07) is 1.95. The number of benzene rings is 1. The summed E-state index contributed by atoms with van der Waals surface area (Å²) in [6.45, 7) is 7.17. The molecule has 0 atom stereocenters. The van der Waals surface area contributed by atoms with E-state index in [2.05, 4.69) is 5.32 Å². The van der Waals surface area contributed by atoms with Crippen molar-refractivity contribution in [2.75, 3.05) is 7.05 Å². The lowest BCUT2D eigenvalue weighted by Gasteiger charge is -2.32. The van der Waals surface area contributed by atoms with Gasteiger partial charge in [0, 0.05) is 12.6 Å². The molecule has 1 heterocycles. The van der Waals surface area contributed by atoms with Crippen LogP contribution in [0.5, 0.6) is 0 Å². The van der Waals surface area contributed by atoms with E-state index in [0.29, 0.717) is 0 Å². The molecule has 1 aromatic rings. The van der Waals surface area contributed by atoms with E-state index < -0.39 is 35.9 Å². The molecule has 0 bridgehead atoms. The Bertz CT molecular complexity index is 551. The van der Waals surface area contributed by atoms with Gasteiger partial charge in [-0.25, -0.2) is 8.78 Å². The van der Waals surface area contributed by atoms with Crippen molar-refractivity contribution < 1.29 is 22.9 Å². The average molecular weight is 297 g/mol. The minimum absolute atomic E-state index is 0.0900. The maximum absolute atomic E-state index is 14.2. The summed E-state index contributed by atoms with van der Waals surface area (Å²) in [6.07, 6.45) is 0. The summed E-state index contributed by atoms with van der Waals surface area (Å²) in [4.78, 5) is 11.4. The summed E-state index contributed by atoms with van der Waals surface area (Å²) >= 11 is 0. The SMILES string of the molecule is CNC(=O)c1cc(F)c(B2OC(C)(C)C(C)(C)O2)c(F)c1. The number of hydrogen-bond donors (Lipinski definition) is 1. The minimum Gasteiger partial charge on any atom is -0.399 e. The molecule has 0 unspecified atom stereocenters. The second kappa shape index (κ2) is 5.07. The van der Waals surface area contributed by atoms with Gasteiger partial charge in [-0.05, 0) is 39.8 Å². The summed E-state index contributed by atoms with van der Waals surface area (Å²) in [5, 5.41) is 2.32. The normalized spacial score (nSPS) is 19.7. The smallest absolute Gasteiger partial charge is 0.399 e. The topological polar surface area (TPSA) is 47.6 Å². The van der Waals surface area contributed by atoms with Crippen molar-refractivity contribution in [1.82, 2.24) is 5.32 Å². The van der Waals surface area contributed by atoms with E-state index in [4.69, 9.17) is 9.31 Å². The first-order valence-corrected chi connectivity index (χ1v) is 6.66. The van der Waals surface area contributed by atoms with Crippen molar-refractivity contribution in [2.24, 2.45) is 0 Å². The third-order valence-corrected chi connectivity index (χ3v) is 4.06. The van der Waals surface area contributed by atoms with Crippen LogP contribution in [0.4, 0.5) is 8.78 Å². The zero-order valence-corrected chi connectivity index (χ0v) is 12.7. The highest BCUT2D eigenvalue weighted by molar-refractivity contribution is 6.62. The van der Waals surface area contributed by atoms with E-state index in [1.54, 1.807) is 27.7 Å². The van der Waals surface area contributed by atoms with Gasteiger partial charge >= 0.3 is 7.12 Å². The van der Waals surface area contributed by atoms with Gasteiger partial charge in [-0.15, -0.1) is 0 Å². The van der Waals surface area contributed by atoms with Crippen LogP contribution in [0.3, 0.4) is 0 Å². The molecule has 1 saturated heterocycles. The van der Waals surface area contributed by atoms with Crippen molar-refractivity contribution in [1.29, 1.82) is 0 Å². The van der Waals surface area contributed by atoms with E-state index in [1.807, 2.05) is 0 Å². The molecule has 0 aromatic heterocycles. The average Bonchev–Trinajstić information content (AvgIpc) is 2.56. The summed E-state index contributed by atoms with van der Waals surface area (Å²) in [5.41, 5.74) is -1.81. The first-order valence-electron chi connectivity index (χ1n) is 6.66. The lowest BCUT2D eigenvalue weighted by molar-refractivity contribution is 0.00578. The molecule has 1 N–H and O–H groups in total. The molecule has 0 spiro atoms. The zero-order valence-electron chi connectivity index (χ0n) is 12.7. The highest BCUT2D eigenvalue weighted by atomic mass is 19.1. The summed E-state index contributed by atoms with van der Waals surface area (Å²) in [7, 11) is 0.244. The molecule has 1 amide bonds. The zero-order chi connectivity index (χ0) is 16.0. The van der Waals surface area contributed by atoms with Gasteiger partial charge < -0.3 is 14.6 Å². The van der Waals surface area contributed by atoms with Crippen LogP contribution in [-0.4, -0.2) is 31.3 Å². The monoisotopic (exact) mass is 297 g/mol. The van der Waals surface area contributed by atoms with Crippen LogP contribution in [-0.2, 0) is 9.31 Å². The van der Waals surface area contributed by atoms with Crippen LogP contribution in [0.25, 0.3) is 0 Å². The lowest BCUT2D eigenvalue weighted by atomic mass is 9.77. The number of carbonyl (C=O) groups is 1. The maximum Gasteiger partial charge on any atom is 0.500 e. The van der Waals surface area contributed by atoms with Crippen LogP contribution < -0.4 is 10.8 Å².